The van der Waals surface area contributed by atoms with E-state index >= 15 is 0 Å². The van der Waals surface area contributed by atoms with E-state index in [0.717, 1.165) is 16.3 Å². The van der Waals surface area contributed by atoms with Crippen LogP contribution in [-0.4, -0.2) is 33.5 Å². The Morgan fingerprint density at radius 1 is 1.32 bits per heavy atom. The fourth-order valence-corrected chi connectivity index (χ4v) is 4.04. The van der Waals surface area contributed by atoms with Crippen molar-refractivity contribution in [3.63, 3.8) is 0 Å². The molecule has 0 saturated carbocycles. The van der Waals surface area contributed by atoms with Gasteiger partial charge in [-0.2, -0.15) is 0 Å². The van der Waals surface area contributed by atoms with Gasteiger partial charge in [0.2, 0.25) is 5.91 Å². The number of nitrogens with one attached hydrogen (secondary N) is 1. The molecular weight excluding hydrogens is 416 g/mol. The van der Waals surface area contributed by atoms with Gasteiger partial charge in [0.05, 0.1) is 20.1 Å². The minimum Gasteiger partial charge on any atom is -0.497 e. The summed E-state index contributed by atoms with van der Waals surface area (Å²) in [6, 6.07) is 11.4. The van der Waals surface area contributed by atoms with Gasteiger partial charge < -0.3 is 10.1 Å². The lowest BCUT2D eigenvalue weighted by Crippen LogP contribution is -2.26. The molecule has 2 heterocycles. The Hall–Kier alpha value is -2.29. The first kappa shape index (κ1) is 20.4. The highest BCUT2D eigenvalue weighted by molar-refractivity contribution is 7.99. The summed E-state index contributed by atoms with van der Waals surface area (Å²) >= 11 is 8.89. The molecule has 146 valence electrons. The third-order valence-electron chi connectivity index (χ3n) is 3.75. The van der Waals surface area contributed by atoms with Crippen molar-refractivity contribution in [1.82, 2.24) is 20.1 Å². The van der Waals surface area contributed by atoms with Gasteiger partial charge in [-0.15, -0.1) is 21.5 Å². The van der Waals surface area contributed by atoms with Crippen LogP contribution in [0.1, 0.15) is 10.7 Å². The first-order chi connectivity index (χ1) is 13.6. The van der Waals surface area contributed by atoms with Crippen LogP contribution in [-0.2, 0) is 17.8 Å². The highest BCUT2D eigenvalue weighted by Gasteiger charge is 2.16. The zero-order valence-corrected chi connectivity index (χ0v) is 17.6. The number of methoxy groups -OCH3 is 1. The second kappa shape index (κ2) is 9.77. The van der Waals surface area contributed by atoms with E-state index < -0.39 is 0 Å². The Morgan fingerprint density at radius 2 is 2.11 bits per heavy atom. The van der Waals surface area contributed by atoms with Crippen LogP contribution in [0.25, 0.3) is 5.69 Å². The molecular formula is C19H19ClN4O2S2. The molecule has 0 aliphatic rings. The van der Waals surface area contributed by atoms with E-state index in [1.54, 1.807) is 18.4 Å². The smallest absolute Gasteiger partial charge is 0.225 e. The van der Waals surface area contributed by atoms with E-state index in [0.29, 0.717) is 28.2 Å². The number of hydrogen-bond acceptors (Lipinski definition) is 6. The molecule has 0 bridgehead atoms. The minimum atomic E-state index is -0.0601. The number of rotatable bonds is 9. The van der Waals surface area contributed by atoms with Crippen LogP contribution in [0.3, 0.4) is 0 Å². The second-order valence-corrected chi connectivity index (χ2v) is 8.28. The number of amides is 1. The molecule has 2 aromatic heterocycles. The Kier molecular flexibility index (Phi) is 7.13. The SMILES string of the molecule is C=C(Cl)CSc1nnc(CNC(=O)Cc2cccs2)n1-c1ccc(OC)cc1. The van der Waals surface area contributed by atoms with Gasteiger partial charge in [-0.3, -0.25) is 9.36 Å². The number of carbonyl (C=O) groups is 1. The molecule has 3 aromatic rings. The average Bonchev–Trinajstić information content (AvgIpc) is 3.34. The molecule has 0 aliphatic heterocycles. The molecule has 0 saturated heterocycles. The van der Waals surface area contributed by atoms with Crippen molar-refractivity contribution in [1.29, 1.82) is 0 Å². The van der Waals surface area contributed by atoms with E-state index in [4.69, 9.17) is 16.3 Å². The van der Waals surface area contributed by atoms with E-state index in [-0.39, 0.29) is 12.5 Å². The summed E-state index contributed by atoms with van der Waals surface area (Å²) in [5.41, 5.74) is 0.871. The normalized spacial score (nSPS) is 10.6. The maximum atomic E-state index is 12.2. The number of benzene rings is 1. The van der Waals surface area contributed by atoms with Crippen molar-refractivity contribution < 1.29 is 9.53 Å². The Bertz CT molecular complexity index is 940. The molecule has 28 heavy (non-hydrogen) atoms. The van der Waals surface area contributed by atoms with Crippen molar-refractivity contribution in [2.24, 2.45) is 0 Å². The van der Waals surface area contributed by atoms with Gasteiger partial charge in [0.15, 0.2) is 11.0 Å². The maximum absolute atomic E-state index is 12.2. The Balaban J connectivity index is 1.78. The van der Waals surface area contributed by atoms with Crippen LogP contribution in [0.2, 0.25) is 0 Å². The van der Waals surface area contributed by atoms with E-state index in [9.17, 15) is 4.79 Å². The zero-order chi connectivity index (χ0) is 19.9. The number of carbonyl (C=O) groups excluding carboxylic acids is 1. The van der Waals surface area contributed by atoms with Crippen molar-refractivity contribution in [2.45, 2.75) is 18.1 Å². The van der Waals surface area contributed by atoms with Crippen LogP contribution in [0.5, 0.6) is 5.75 Å². The molecule has 1 N–H and O–H groups in total. The number of halogens is 1. The number of hydrogen-bond donors (Lipinski definition) is 1. The fraction of sp³-hybridized carbons (Fsp3) is 0.211. The minimum absolute atomic E-state index is 0.0601. The number of aromatic nitrogens is 3. The third kappa shape index (κ3) is 5.37. The van der Waals surface area contributed by atoms with Crippen LogP contribution in [0.15, 0.2) is 58.5 Å². The Morgan fingerprint density at radius 3 is 2.75 bits per heavy atom. The summed E-state index contributed by atoms with van der Waals surface area (Å²) in [6.45, 7) is 3.98. The summed E-state index contributed by atoms with van der Waals surface area (Å²) in [5.74, 6) is 1.84. The van der Waals surface area contributed by atoms with Gasteiger partial charge in [0.25, 0.3) is 0 Å². The Labute approximate surface area is 176 Å². The monoisotopic (exact) mass is 434 g/mol. The van der Waals surface area contributed by atoms with E-state index in [2.05, 4.69) is 22.1 Å². The molecule has 3 rings (SSSR count). The predicted molar refractivity (Wildman–Crippen MR) is 113 cm³/mol. The van der Waals surface area contributed by atoms with Crippen molar-refractivity contribution in [3.05, 3.63) is 64.1 Å². The lowest BCUT2D eigenvalue weighted by molar-refractivity contribution is -0.120. The van der Waals surface area contributed by atoms with Crippen molar-refractivity contribution >= 4 is 40.6 Å². The summed E-state index contributed by atoms with van der Waals surface area (Å²) < 4.78 is 7.12. The van der Waals surface area contributed by atoms with E-state index in [1.807, 2.05) is 46.3 Å². The molecule has 9 heteroatoms. The van der Waals surface area contributed by atoms with Gasteiger partial charge in [-0.1, -0.05) is 36.0 Å². The highest BCUT2D eigenvalue weighted by atomic mass is 35.5. The van der Waals surface area contributed by atoms with Gasteiger partial charge >= 0.3 is 0 Å². The largest absolute Gasteiger partial charge is 0.497 e. The molecule has 0 aliphatic carbocycles. The maximum Gasteiger partial charge on any atom is 0.225 e. The number of ether oxygens (including phenoxy) is 1. The third-order valence-corrected chi connectivity index (χ3v) is 5.93. The van der Waals surface area contributed by atoms with Gasteiger partial charge in [-0.05, 0) is 35.7 Å². The van der Waals surface area contributed by atoms with E-state index in [1.165, 1.54) is 11.8 Å². The fourth-order valence-electron chi connectivity index (χ4n) is 2.45. The molecule has 0 fully saturated rings. The zero-order valence-electron chi connectivity index (χ0n) is 15.2. The first-order valence-electron chi connectivity index (χ1n) is 8.40. The molecule has 0 spiro atoms. The summed E-state index contributed by atoms with van der Waals surface area (Å²) in [6.07, 6.45) is 0.349. The lowest BCUT2D eigenvalue weighted by atomic mass is 10.3. The highest BCUT2D eigenvalue weighted by Crippen LogP contribution is 2.25. The number of nitrogens with zero attached hydrogens (tertiary/aromatic N) is 3. The topological polar surface area (TPSA) is 69.0 Å². The number of thioether (sulfide) groups is 1. The summed E-state index contributed by atoms with van der Waals surface area (Å²) in [4.78, 5) is 13.2. The predicted octanol–water partition coefficient (Wildman–Crippen LogP) is 4.04. The average molecular weight is 435 g/mol. The molecule has 0 atom stereocenters. The molecule has 1 aromatic carbocycles. The summed E-state index contributed by atoms with van der Waals surface area (Å²) in [7, 11) is 1.62. The molecule has 1 amide bonds. The van der Waals surface area contributed by atoms with Crippen LogP contribution in [0.4, 0.5) is 0 Å². The van der Waals surface area contributed by atoms with Crippen LogP contribution in [0, 0.1) is 0 Å². The summed E-state index contributed by atoms with van der Waals surface area (Å²) in [5, 5.41) is 14.6. The first-order valence-corrected chi connectivity index (χ1v) is 10.6. The molecule has 0 radical (unpaired) electrons. The van der Waals surface area contributed by atoms with Crippen molar-refractivity contribution in [3.8, 4) is 11.4 Å². The van der Waals surface area contributed by atoms with Gasteiger partial charge in [0, 0.05) is 21.3 Å². The van der Waals surface area contributed by atoms with Crippen LogP contribution >= 0.6 is 34.7 Å². The standard InChI is InChI=1S/C19H19ClN4O2S2/c1-13(20)12-28-19-23-22-17(11-21-18(25)10-16-4-3-9-27-16)24(19)14-5-7-15(26-2)8-6-14/h3-9H,1,10-12H2,2H3,(H,21,25). The lowest BCUT2D eigenvalue weighted by Gasteiger charge is -2.11. The number of thiophene rings is 1. The van der Waals surface area contributed by atoms with Gasteiger partial charge in [0.1, 0.15) is 5.75 Å². The van der Waals surface area contributed by atoms with Crippen LogP contribution < -0.4 is 10.1 Å². The van der Waals surface area contributed by atoms with Crippen molar-refractivity contribution in [2.75, 3.05) is 12.9 Å². The van der Waals surface area contributed by atoms with Gasteiger partial charge in [-0.25, -0.2) is 0 Å². The molecule has 0 unspecified atom stereocenters. The molecule has 6 nitrogen and oxygen atoms in total. The quantitative estimate of drug-likeness (QED) is 0.515. The second-order valence-electron chi connectivity index (χ2n) is 5.77.